The van der Waals surface area contributed by atoms with Crippen molar-refractivity contribution >= 4 is 21.6 Å². The van der Waals surface area contributed by atoms with Crippen molar-refractivity contribution in [1.82, 2.24) is 5.32 Å². The van der Waals surface area contributed by atoms with Crippen LogP contribution in [-0.4, -0.2) is 27.2 Å². The predicted molar refractivity (Wildman–Crippen MR) is 119 cm³/mol. The van der Waals surface area contributed by atoms with E-state index in [0.717, 1.165) is 11.1 Å². The summed E-state index contributed by atoms with van der Waals surface area (Å²) in [5, 5.41) is 2.84. The Hall–Kier alpha value is -3.52. The minimum Gasteiger partial charge on any atom is -0.454 e. The summed E-state index contributed by atoms with van der Waals surface area (Å²) in [4.78, 5) is 12.8. The van der Waals surface area contributed by atoms with Crippen LogP contribution in [0.15, 0.2) is 71.6 Å². The van der Waals surface area contributed by atoms with Crippen molar-refractivity contribution in [2.24, 2.45) is 0 Å². The number of nitrogens with one attached hydrogen (secondary N) is 1. The van der Waals surface area contributed by atoms with E-state index in [2.05, 4.69) is 5.32 Å². The highest BCUT2D eigenvalue weighted by molar-refractivity contribution is 7.92. The van der Waals surface area contributed by atoms with Gasteiger partial charge in [0.25, 0.3) is 15.9 Å². The Labute approximate surface area is 186 Å². The smallest absolute Gasteiger partial charge is 0.264 e. The minimum atomic E-state index is -3.81. The number of carbonyl (C=O) groups excluding carboxylic acids is 1. The first-order chi connectivity index (χ1) is 15.4. The van der Waals surface area contributed by atoms with E-state index in [1.165, 1.54) is 16.4 Å². The van der Waals surface area contributed by atoms with E-state index in [1.54, 1.807) is 18.2 Å². The van der Waals surface area contributed by atoms with Gasteiger partial charge in [-0.05, 0) is 60.9 Å². The molecule has 32 heavy (non-hydrogen) atoms. The van der Waals surface area contributed by atoms with Crippen molar-refractivity contribution in [3.05, 3.63) is 83.4 Å². The van der Waals surface area contributed by atoms with E-state index >= 15 is 0 Å². The summed E-state index contributed by atoms with van der Waals surface area (Å²) >= 11 is 0. The zero-order valence-corrected chi connectivity index (χ0v) is 18.3. The summed E-state index contributed by atoms with van der Waals surface area (Å²) in [6, 6.07) is 18.9. The maximum atomic E-state index is 13.4. The normalized spacial score (nSPS) is 16.7. The van der Waals surface area contributed by atoms with Gasteiger partial charge < -0.3 is 14.8 Å². The number of para-hydroxylation sites is 1. The number of carbonyl (C=O) groups is 1. The fourth-order valence-electron chi connectivity index (χ4n) is 4.15. The number of nitrogens with zero attached hydrogens (tertiary/aromatic N) is 1. The quantitative estimate of drug-likeness (QED) is 0.643. The van der Waals surface area contributed by atoms with Crippen molar-refractivity contribution in [3.63, 3.8) is 0 Å². The fraction of sp³-hybridized carbons (Fsp3) is 0.208. The summed E-state index contributed by atoms with van der Waals surface area (Å²) < 4.78 is 39.0. The molecule has 0 saturated heterocycles. The minimum absolute atomic E-state index is 0.0942. The standard InChI is InChI=1S/C24H22N2O5S/c1-16-11-18-5-2-3-8-21(18)26(16)32(28,29)20-7-4-6-19(13-20)24(27)25-14-17-9-10-22-23(12-17)31-15-30-22/h2-10,12-13,16H,11,14-15H2,1H3,(H,25,27)/t16-/m1/s1. The van der Waals surface area contributed by atoms with E-state index < -0.39 is 10.0 Å². The zero-order valence-electron chi connectivity index (χ0n) is 17.4. The van der Waals surface area contributed by atoms with Gasteiger partial charge in [-0.3, -0.25) is 9.10 Å². The molecule has 0 fully saturated rings. The number of sulfonamides is 1. The predicted octanol–water partition coefficient (Wildman–Crippen LogP) is 3.49. The molecule has 0 bridgehead atoms. The van der Waals surface area contributed by atoms with Crippen LogP contribution in [0, 0.1) is 0 Å². The Kier molecular flexibility index (Phi) is 5.01. The first-order valence-corrected chi connectivity index (χ1v) is 11.8. The largest absolute Gasteiger partial charge is 0.454 e. The van der Waals surface area contributed by atoms with E-state index in [0.29, 0.717) is 23.6 Å². The molecule has 0 unspecified atom stereocenters. The van der Waals surface area contributed by atoms with Gasteiger partial charge in [-0.15, -0.1) is 0 Å². The number of hydrogen-bond acceptors (Lipinski definition) is 5. The maximum Gasteiger partial charge on any atom is 0.264 e. The van der Waals surface area contributed by atoms with Crippen molar-refractivity contribution in [2.75, 3.05) is 11.1 Å². The number of ether oxygens (including phenoxy) is 2. The Morgan fingerprint density at radius 3 is 2.72 bits per heavy atom. The van der Waals surface area contributed by atoms with Gasteiger partial charge in [-0.2, -0.15) is 0 Å². The van der Waals surface area contributed by atoms with Crippen LogP contribution in [0.1, 0.15) is 28.4 Å². The molecular formula is C24H22N2O5S. The Balaban J connectivity index is 1.35. The highest BCUT2D eigenvalue weighted by Crippen LogP contribution is 2.36. The lowest BCUT2D eigenvalue weighted by atomic mass is 10.1. The molecule has 2 heterocycles. The molecule has 2 aliphatic heterocycles. The van der Waals surface area contributed by atoms with E-state index in [-0.39, 0.29) is 35.7 Å². The van der Waals surface area contributed by atoms with Gasteiger partial charge in [-0.1, -0.05) is 30.3 Å². The molecule has 1 atom stereocenters. The summed E-state index contributed by atoms with van der Waals surface area (Å²) in [6.45, 7) is 2.36. The van der Waals surface area contributed by atoms with Crippen molar-refractivity contribution in [1.29, 1.82) is 0 Å². The molecule has 3 aromatic rings. The monoisotopic (exact) mass is 450 g/mol. The number of benzene rings is 3. The first kappa shape index (κ1) is 20.4. The third-order valence-corrected chi connectivity index (χ3v) is 7.61. The Morgan fingerprint density at radius 1 is 1.03 bits per heavy atom. The van der Waals surface area contributed by atoms with Crippen LogP contribution in [0.2, 0.25) is 0 Å². The second kappa shape index (κ2) is 7.87. The summed E-state index contributed by atoms with van der Waals surface area (Å²) in [6.07, 6.45) is 0.658. The third kappa shape index (κ3) is 3.56. The molecule has 8 heteroatoms. The average Bonchev–Trinajstić information content (AvgIpc) is 3.40. The topological polar surface area (TPSA) is 84.9 Å². The molecule has 0 spiro atoms. The Morgan fingerprint density at radius 2 is 1.84 bits per heavy atom. The number of amides is 1. The lowest BCUT2D eigenvalue weighted by molar-refractivity contribution is 0.0950. The highest BCUT2D eigenvalue weighted by Gasteiger charge is 2.36. The maximum absolute atomic E-state index is 13.4. The van der Waals surface area contributed by atoms with Gasteiger partial charge in [0.2, 0.25) is 6.79 Å². The third-order valence-electron chi connectivity index (χ3n) is 5.69. The van der Waals surface area contributed by atoms with E-state index in [1.807, 2.05) is 43.3 Å². The fourth-order valence-corrected chi connectivity index (χ4v) is 5.89. The van der Waals surface area contributed by atoms with Gasteiger partial charge in [0.05, 0.1) is 10.6 Å². The van der Waals surface area contributed by atoms with Gasteiger partial charge >= 0.3 is 0 Å². The number of fused-ring (bicyclic) bond motifs is 2. The second-order valence-corrected chi connectivity index (χ2v) is 9.70. The molecule has 0 aliphatic carbocycles. The lowest BCUT2D eigenvalue weighted by Gasteiger charge is -2.24. The van der Waals surface area contributed by atoms with Crippen LogP contribution in [-0.2, 0) is 23.0 Å². The molecule has 5 rings (SSSR count). The van der Waals surface area contributed by atoms with Crippen LogP contribution < -0.4 is 19.1 Å². The SMILES string of the molecule is C[C@@H]1Cc2ccccc2N1S(=O)(=O)c1cccc(C(=O)NCc2ccc3c(c2)OCO3)c1. The molecule has 3 aromatic carbocycles. The second-order valence-electron chi connectivity index (χ2n) is 7.88. The summed E-state index contributed by atoms with van der Waals surface area (Å²) in [5.74, 6) is 0.968. The lowest BCUT2D eigenvalue weighted by Crippen LogP contribution is -2.35. The van der Waals surface area contributed by atoms with E-state index in [4.69, 9.17) is 9.47 Å². The van der Waals surface area contributed by atoms with Crippen LogP contribution >= 0.6 is 0 Å². The molecule has 1 N–H and O–H groups in total. The van der Waals surface area contributed by atoms with Gasteiger partial charge in [0, 0.05) is 18.2 Å². The first-order valence-electron chi connectivity index (χ1n) is 10.3. The molecular weight excluding hydrogens is 428 g/mol. The van der Waals surface area contributed by atoms with Crippen molar-refractivity contribution < 1.29 is 22.7 Å². The van der Waals surface area contributed by atoms with Crippen molar-refractivity contribution in [2.45, 2.75) is 30.8 Å². The molecule has 0 saturated carbocycles. The summed E-state index contributed by atoms with van der Waals surface area (Å²) in [7, 11) is -3.81. The van der Waals surface area contributed by atoms with Crippen LogP contribution in [0.5, 0.6) is 11.5 Å². The summed E-state index contributed by atoms with van der Waals surface area (Å²) in [5.41, 5.74) is 2.83. The van der Waals surface area contributed by atoms with E-state index in [9.17, 15) is 13.2 Å². The molecule has 7 nitrogen and oxygen atoms in total. The van der Waals surface area contributed by atoms with Crippen LogP contribution in [0.3, 0.4) is 0 Å². The van der Waals surface area contributed by atoms with Gasteiger partial charge in [0.1, 0.15) is 0 Å². The molecule has 0 aromatic heterocycles. The number of anilines is 1. The number of hydrogen-bond donors (Lipinski definition) is 1. The van der Waals surface area contributed by atoms with Gasteiger partial charge in [0.15, 0.2) is 11.5 Å². The molecule has 0 radical (unpaired) electrons. The molecule has 1 amide bonds. The zero-order chi connectivity index (χ0) is 22.3. The van der Waals surface area contributed by atoms with Crippen molar-refractivity contribution in [3.8, 4) is 11.5 Å². The highest BCUT2D eigenvalue weighted by atomic mass is 32.2. The van der Waals surface area contributed by atoms with Gasteiger partial charge in [-0.25, -0.2) is 8.42 Å². The van der Waals surface area contributed by atoms with Crippen LogP contribution in [0.25, 0.3) is 0 Å². The van der Waals surface area contributed by atoms with Crippen LogP contribution in [0.4, 0.5) is 5.69 Å². The number of rotatable bonds is 5. The average molecular weight is 451 g/mol. The Bertz CT molecular complexity index is 1310. The molecule has 2 aliphatic rings. The molecule has 164 valence electrons.